The summed E-state index contributed by atoms with van der Waals surface area (Å²) in [6.07, 6.45) is 7.12. The van der Waals surface area contributed by atoms with Crippen molar-refractivity contribution in [1.29, 1.82) is 0 Å². The minimum absolute atomic E-state index is 0.226. The van der Waals surface area contributed by atoms with E-state index in [2.05, 4.69) is 4.98 Å². The number of nitrogens with two attached hydrogens (primary N) is 1. The van der Waals surface area contributed by atoms with Gasteiger partial charge in [-0.05, 0) is 43.1 Å². The number of nitrogens with zero attached hydrogens (tertiary/aromatic N) is 2. The first-order chi connectivity index (χ1) is 9.19. The Bertz CT molecular complexity index is 463. The van der Waals surface area contributed by atoms with Crippen molar-refractivity contribution < 1.29 is 4.39 Å². The summed E-state index contributed by atoms with van der Waals surface area (Å²) in [5.74, 6) is 2.69. The van der Waals surface area contributed by atoms with Crippen molar-refractivity contribution in [3.63, 3.8) is 0 Å². The Kier molecular flexibility index (Phi) is 3.44. The highest BCUT2D eigenvalue weighted by Crippen LogP contribution is 2.48. The first-order valence-corrected chi connectivity index (χ1v) is 7.23. The molecule has 2 bridgehead atoms. The summed E-state index contributed by atoms with van der Waals surface area (Å²) in [6.45, 7) is 1.14. The molecule has 1 aromatic heterocycles. The van der Waals surface area contributed by atoms with Gasteiger partial charge in [-0.15, -0.1) is 0 Å². The van der Waals surface area contributed by atoms with E-state index in [9.17, 15) is 4.39 Å². The van der Waals surface area contributed by atoms with Gasteiger partial charge in [0.1, 0.15) is 0 Å². The monoisotopic (exact) mass is 263 g/mol. The Hall–Kier alpha value is -1.16. The van der Waals surface area contributed by atoms with E-state index in [4.69, 9.17) is 5.73 Å². The average Bonchev–Trinajstić information content (AvgIpc) is 3.01. The molecule has 0 aliphatic heterocycles. The fourth-order valence-electron chi connectivity index (χ4n) is 3.93. The van der Waals surface area contributed by atoms with E-state index >= 15 is 0 Å². The molecule has 4 heteroatoms. The molecule has 0 aromatic carbocycles. The van der Waals surface area contributed by atoms with Gasteiger partial charge >= 0.3 is 0 Å². The zero-order valence-electron chi connectivity index (χ0n) is 11.5. The van der Waals surface area contributed by atoms with Crippen LogP contribution in [0.2, 0.25) is 0 Å². The van der Waals surface area contributed by atoms with Gasteiger partial charge in [-0.2, -0.15) is 0 Å². The number of fused-ring (bicyclic) bond motifs is 2. The topological polar surface area (TPSA) is 42.2 Å². The second kappa shape index (κ2) is 5.08. The molecule has 2 N–H and O–H groups in total. The van der Waals surface area contributed by atoms with Gasteiger partial charge in [0.25, 0.3) is 0 Å². The summed E-state index contributed by atoms with van der Waals surface area (Å²) < 4.78 is 14.2. The first kappa shape index (κ1) is 12.9. The standard InChI is InChI=1S/C15H22FN3/c1-19(9-13-7-10-2-3-11(13)6-10)15-14(16)12(8-17)4-5-18-15/h4-5,10-11,13H,2-3,6-9,17H2,1H3. The van der Waals surface area contributed by atoms with E-state index in [0.29, 0.717) is 17.3 Å². The fraction of sp³-hybridized carbons (Fsp3) is 0.667. The molecule has 1 heterocycles. The Morgan fingerprint density at radius 3 is 2.89 bits per heavy atom. The Balaban J connectivity index is 1.72. The van der Waals surface area contributed by atoms with Crippen LogP contribution in [0.25, 0.3) is 0 Å². The number of hydrogen-bond donors (Lipinski definition) is 1. The molecule has 3 atom stereocenters. The number of halogens is 1. The van der Waals surface area contributed by atoms with Crippen molar-refractivity contribution in [2.45, 2.75) is 32.2 Å². The zero-order chi connectivity index (χ0) is 13.4. The SMILES string of the molecule is CN(CC1CC2CCC1C2)c1nccc(CN)c1F. The summed E-state index contributed by atoms with van der Waals surface area (Å²) in [6, 6.07) is 1.66. The van der Waals surface area contributed by atoms with Crippen molar-refractivity contribution in [2.24, 2.45) is 23.5 Å². The summed E-state index contributed by atoms with van der Waals surface area (Å²) in [7, 11) is 1.94. The minimum atomic E-state index is -0.254. The fourth-order valence-corrected chi connectivity index (χ4v) is 3.93. The van der Waals surface area contributed by atoms with Gasteiger partial charge < -0.3 is 10.6 Å². The highest BCUT2D eigenvalue weighted by Gasteiger charge is 2.39. The Morgan fingerprint density at radius 1 is 1.42 bits per heavy atom. The predicted octanol–water partition coefficient (Wildman–Crippen LogP) is 2.55. The normalized spacial score (nSPS) is 28.9. The lowest BCUT2D eigenvalue weighted by molar-refractivity contribution is 0.336. The van der Waals surface area contributed by atoms with Gasteiger partial charge in [-0.3, -0.25) is 0 Å². The van der Waals surface area contributed by atoms with Crippen LogP contribution in [-0.2, 0) is 6.54 Å². The van der Waals surface area contributed by atoms with E-state index < -0.39 is 0 Å². The molecule has 2 aliphatic rings. The number of anilines is 1. The molecular weight excluding hydrogens is 241 g/mol. The summed E-state index contributed by atoms with van der Waals surface area (Å²) in [4.78, 5) is 6.16. The van der Waals surface area contributed by atoms with Gasteiger partial charge in [0.05, 0.1) is 0 Å². The lowest BCUT2D eigenvalue weighted by Crippen LogP contribution is -2.30. The quantitative estimate of drug-likeness (QED) is 0.907. The lowest BCUT2D eigenvalue weighted by atomic mass is 9.88. The molecule has 19 heavy (non-hydrogen) atoms. The number of rotatable bonds is 4. The molecule has 3 unspecified atom stereocenters. The van der Waals surface area contributed by atoms with Crippen LogP contribution in [0.15, 0.2) is 12.3 Å². The highest BCUT2D eigenvalue weighted by molar-refractivity contribution is 5.42. The van der Waals surface area contributed by atoms with Crippen LogP contribution < -0.4 is 10.6 Å². The van der Waals surface area contributed by atoms with E-state index in [-0.39, 0.29) is 12.4 Å². The van der Waals surface area contributed by atoms with Crippen LogP contribution in [0, 0.1) is 23.6 Å². The summed E-state index contributed by atoms with van der Waals surface area (Å²) in [5, 5.41) is 0. The zero-order valence-corrected chi connectivity index (χ0v) is 11.5. The molecule has 0 radical (unpaired) electrons. The van der Waals surface area contributed by atoms with Crippen LogP contribution >= 0.6 is 0 Å². The second-order valence-electron chi connectivity index (χ2n) is 6.13. The maximum absolute atomic E-state index is 14.2. The van der Waals surface area contributed by atoms with Crippen LogP contribution in [0.3, 0.4) is 0 Å². The van der Waals surface area contributed by atoms with E-state index in [1.165, 1.54) is 25.7 Å². The molecule has 3 rings (SSSR count). The molecule has 2 aliphatic carbocycles. The molecule has 104 valence electrons. The van der Waals surface area contributed by atoms with Crippen LogP contribution in [0.4, 0.5) is 10.2 Å². The molecule has 0 amide bonds. The van der Waals surface area contributed by atoms with Crippen molar-refractivity contribution in [1.82, 2.24) is 4.98 Å². The molecule has 1 aromatic rings. The van der Waals surface area contributed by atoms with E-state index in [0.717, 1.165) is 18.4 Å². The smallest absolute Gasteiger partial charge is 0.170 e. The van der Waals surface area contributed by atoms with Gasteiger partial charge in [0.15, 0.2) is 11.6 Å². The Labute approximate surface area is 114 Å². The van der Waals surface area contributed by atoms with Crippen LogP contribution in [-0.4, -0.2) is 18.6 Å². The number of hydrogen-bond acceptors (Lipinski definition) is 3. The van der Waals surface area contributed by atoms with E-state index in [1.807, 2.05) is 11.9 Å². The molecule has 2 saturated carbocycles. The molecule has 2 fully saturated rings. The summed E-state index contributed by atoms with van der Waals surface area (Å²) >= 11 is 0. The van der Waals surface area contributed by atoms with Crippen LogP contribution in [0.5, 0.6) is 0 Å². The van der Waals surface area contributed by atoms with Gasteiger partial charge in [-0.1, -0.05) is 6.42 Å². The van der Waals surface area contributed by atoms with Crippen molar-refractivity contribution in [2.75, 3.05) is 18.5 Å². The predicted molar refractivity (Wildman–Crippen MR) is 74.3 cm³/mol. The Morgan fingerprint density at radius 2 is 2.26 bits per heavy atom. The van der Waals surface area contributed by atoms with Crippen LogP contribution in [0.1, 0.15) is 31.2 Å². The lowest BCUT2D eigenvalue weighted by Gasteiger charge is -2.28. The minimum Gasteiger partial charge on any atom is -0.357 e. The average molecular weight is 263 g/mol. The number of pyridine rings is 1. The van der Waals surface area contributed by atoms with Crippen molar-refractivity contribution in [3.05, 3.63) is 23.6 Å². The van der Waals surface area contributed by atoms with E-state index in [1.54, 1.807) is 12.3 Å². The van der Waals surface area contributed by atoms with Crippen molar-refractivity contribution in [3.8, 4) is 0 Å². The third-order valence-corrected chi connectivity index (χ3v) is 4.93. The van der Waals surface area contributed by atoms with Crippen molar-refractivity contribution >= 4 is 5.82 Å². The molecule has 3 nitrogen and oxygen atoms in total. The van der Waals surface area contributed by atoms with Gasteiger partial charge in [0, 0.05) is 31.9 Å². The number of aromatic nitrogens is 1. The maximum atomic E-state index is 14.2. The van der Waals surface area contributed by atoms with Gasteiger partial charge in [-0.25, -0.2) is 9.37 Å². The molecule has 0 spiro atoms. The third kappa shape index (κ3) is 2.34. The largest absolute Gasteiger partial charge is 0.357 e. The molecule has 0 saturated heterocycles. The third-order valence-electron chi connectivity index (χ3n) is 4.93. The maximum Gasteiger partial charge on any atom is 0.170 e. The first-order valence-electron chi connectivity index (χ1n) is 7.23. The second-order valence-corrected chi connectivity index (χ2v) is 6.13. The molecular formula is C15H22FN3. The van der Waals surface area contributed by atoms with Gasteiger partial charge in [0.2, 0.25) is 0 Å². The highest BCUT2D eigenvalue weighted by atomic mass is 19.1. The summed E-state index contributed by atoms with van der Waals surface area (Å²) in [5.41, 5.74) is 6.09.